The molecule has 4 nitrogen and oxygen atoms in total. The van der Waals surface area contributed by atoms with Crippen LogP contribution in [0.3, 0.4) is 0 Å². The Morgan fingerprint density at radius 3 is 1.90 bits per heavy atom. The number of aliphatic hydroxyl groups excluding tert-OH is 4. The van der Waals surface area contributed by atoms with Crippen LogP contribution in [-0.2, 0) is 0 Å². The van der Waals surface area contributed by atoms with Crippen molar-refractivity contribution in [2.45, 2.75) is 18.3 Å². The van der Waals surface area contributed by atoms with Crippen LogP contribution in [0, 0.1) is 12.3 Å². The first-order chi connectivity index (χ1) is 4.66. The topological polar surface area (TPSA) is 80.9 Å². The molecule has 1 rings (SSSR count). The summed E-state index contributed by atoms with van der Waals surface area (Å²) in [6.07, 6.45) is -1.83. The van der Waals surface area contributed by atoms with E-state index in [1.54, 1.807) is 0 Å². The minimum Gasteiger partial charge on any atom is -0.396 e. The fourth-order valence-corrected chi connectivity index (χ4v) is 1.11. The Hall–Kier alpha value is -0.160. The van der Waals surface area contributed by atoms with Crippen LogP contribution in [0.5, 0.6) is 0 Å². The van der Waals surface area contributed by atoms with Crippen LogP contribution in [0.2, 0.25) is 0 Å². The molecule has 0 heterocycles. The largest absolute Gasteiger partial charge is 0.396 e. The predicted molar refractivity (Wildman–Crippen MR) is 32.9 cm³/mol. The van der Waals surface area contributed by atoms with Gasteiger partial charge in [-0.15, -0.1) is 0 Å². The summed E-state index contributed by atoms with van der Waals surface area (Å²) in [5, 5.41) is 35.4. The van der Waals surface area contributed by atoms with Crippen molar-refractivity contribution in [3.05, 3.63) is 6.42 Å². The Kier molecular flexibility index (Phi) is 2.25. The summed E-state index contributed by atoms with van der Waals surface area (Å²) in [5.41, 5.74) is 0. The minimum atomic E-state index is -1.14. The van der Waals surface area contributed by atoms with Crippen molar-refractivity contribution in [2.24, 2.45) is 5.92 Å². The molecule has 4 atom stereocenters. The molecule has 0 spiro atoms. The molecule has 0 amide bonds. The van der Waals surface area contributed by atoms with Gasteiger partial charge in [-0.3, -0.25) is 0 Å². The molecule has 1 radical (unpaired) electrons. The van der Waals surface area contributed by atoms with Crippen LogP contribution >= 0.6 is 0 Å². The van der Waals surface area contributed by atoms with Crippen molar-refractivity contribution in [3.63, 3.8) is 0 Å². The Bertz CT molecular complexity index is 116. The van der Waals surface area contributed by atoms with Crippen LogP contribution in [0.4, 0.5) is 0 Å². The van der Waals surface area contributed by atoms with Crippen molar-refractivity contribution in [2.75, 3.05) is 6.61 Å². The van der Waals surface area contributed by atoms with Crippen molar-refractivity contribution in [1.29, 1.82) is 0 Å². The summed E-state index contributed by atoms with van der Waals surface area (Å²) >= 11 is 0. The summed E-state index contributed by atoms with van der Waals surface area (Å²) in [5.74, 6) is -0.495. The molecule has 0 bridgehead atoms. The summed E-state index contributed by atoms with van der Waals surface area (Å²) < 4.78 is 0. The summed E-state index contributed by atoms with van der Waals surface area (Å²) in [6.45, 7) is -0.241. The van der Waals surface area contributed by atoms with Gasteiger partial charge in [0.25, 0.3) is 0 Å². The minimum absolute atomic E-state index is 0.241. The second-order valence-electron chi connectivity index (χ2n) is 2.51. The van der Waals surface area contributed by atoms with E-state index in [0.29, 0.717) is 0 Å². The molecule has 59 valence electrons. The SMILES string of the molecule is OCC1[CH]C(O)C(O)C1O. The van der Waals surface area contributed by atoms with Crippen molar-refractivity contribution >= 4 is 0 Å². The van der Waals surface area contributed by atoms with Crippen LogP contribution in [-0.4, -0.2) is 45.3 Å². The fraction of sp³-hybridized carbons (Fsp3) is 0.833. The van der Waals surface area contributed by atoms with Gasteiger partial charge in [-0.2, -0.15) is 0 Å². The Balaban J connectivity index is 2.53. The van der Waals surface area contributed by atoms with Gasteiger partial charge in [0.1, 0.15) is 6.10 Å². The molecule has 1 saturated carbocycles. The van der Waals surface area contributed by atoms with Gasteiger partial charge in [0, 0.05) is 18.9 Å². The third kappa shape index (κ3) is 1.15. The third-order valence-corrected chi connectivity index (χ3v) is 1.79. The van der Waals surface area contributed by atoms with Crippen LogP contribution in [0.1, 0.15) is 0 Å². The fourth-order valence-electron chi connectivity index (χ4n) is 1.11. The normalized spacial score (nSPS) is 48.0. The molecule has 0 aromatic carbocycles. The smallest absolute Gasteiger partial charge is 0.106 e. The summed E-state index contributed by atoms with van der Waals surface area (Å²) in [4.78, 5) is 0. The Morgan fingerprint density at radius 1 is 1.10 bits per heavy atom. The average molecular weight is 147 g/mol. The lowest BCUT2D eigenvalue weighted by Gasteiger charge is -2.12. The quantitative estimate of drug-likeness (QED) is 0.342. The molecule has 10 heavy (non-hydrogen) atoms. The summed E-state index contributed by atoms with van der Waals surface area (Å²) in [7, 11) is 0. The zero-order valence-corrected chi connectivity index (χ0v) is 5.38. The molecular weight excluding hydrogens is 136 g/mol. The molecule has 0 aromatic rings. The molecule has 0 saturated heterocycles. The number of hydrogen-bond acceptors (Lipinski definition) is 4. The number of rotatable bonds is 1. The van der Waals surface area contributed by atoms with Crippen LogP contribution in [0.15, 0.2) is 0 Å². The Labute approximate surface area is 58.7 Å². The zero-order valence-electron chi connectivity index (χ0n) is 5.38. The molecule has 1 aliphatic rings. The highest BCUT2D eigenvalue weighted by Gasteiger charge is 2.40. The zero-order chi connectivity index (χ0) is 7.72. The van der Waals surface area contributed by atoms with E-state index in [2.05, 4.69) is 0 Å². The number of aliphatic hydroxyl groups is 4. The standard InChI is InChI=1S/C6H11O4/c7-2-3-1-4(8)6(10)5(3)9/h1,3-10H,2H2. The second-order valence-corrected chi connectivity index (χ2v) is 2.51. The molecular formula is C6H11O4. The highest BCUT2D eigenvalue weighted by molar-refractivity contribution is 5.03. The first-order valence-electron chi connectivity index (χ1n) is 3.17. The molecule has 4 heteroatoms. The monoisotopic (exact) mass is 147 g/mol. The van der Waals surface area contributed by atoms with E-state index in [9.17, 15) is 0 Å². The third-order valence-electron chi connectivity index (χ3n) is 1.79. The molecule has 0 aromatic heterocycles. The number of hydrogen-bond donors (Lipinski definition) is 4. The predicted octanol–water partition coefficient (Wildman–Crippen LogP) is -2.10. The molecule has 0 aliphatic heterocycles. The van der Waals surface area contributed by atoms with E-state index in [0.717, 1.165) is 0 Å². The van der Waals surface area contributed by atoms with Crippen molar-refractivity contribution in [1.82, 2.24) is 0 Å². The van der Waals surface area contributed by atoms with Crippen LogP contribution < -0.4 is 0 Å². The van der Waals surface area contributed by atoms with Gasteiger partial charge in [-0.05, 0) is 0 Å². The highest BCUT2D eigenvalue weighted by atomic mass is 16.4. The first kappa shape index (κ1) is 7.94. The van der Waals surface area contributed by atoms with E-state index in [-0.39, 0.29) is 6.61 Å². The maximum atomic E-state index is 9.03. The maximum Gasteiger partial charge on any atom is 0.106 e. The van der Waals surface area contributed by atoms with Gasteiger partial charge < -0.3 is 20.4 Å². The van der Waals surface area contributed by atoms with Crippen molar-refractivity contribution in [3.8, 4) is 0 Å². The van der Waals surface area contributed by atoms with E-state index >= 15 is 0 Å². The first-order valence-corrected chi connectivity index (χ1v) is 3.17. The van der Waals surface area contributed by atoms with Gasteiger partial charge in [0.2, 0.25) is 0 Å². The molecule has 4 unspecified atom stereocenters. The summed E-state index contributed by atoms with van der Waals surface area (Å²) in [6, 6.07) is 0. The van der Waals surface area contributed by atoms with E-state index in [4.69, 9.17) is 20.4 Å². The maximum absolute atomic E-state index is 9.03. The highest BCUT2D eigenvalue weighted by Crippen LogP contribution is 2.24. The lowest BCUT2D eigenvalue weighted by molar-refractivity contribution is -0.0294. The van der Waals surface area contributed by atoms with Crippen molar-refractivity contribution < 1.29 is 20.4 Å². The average Bonchev–Trinajstić information content (AvgIpc) is 2.17. The van der Waals surface area contributed by atoms with Gasteiger partial charge in [0.05, 0.1) is 12.2 Å². The van der Waals surface area contributed by atoms with Crippen LogP contribution in [0.25, 0.3) is 0 Å². The van der Waals surface area contributed by atoms with Gasteiger partial charge in [-0.25, -0.2) is 0 Å². The molecule has 4 N–H and O–H groups in total. The van der Waals surface area contributed by atoms with Gasteiger partial charge in [0.15, 0.2) is 0 Å². The van der Waals surface area contributed by atoms with E-state index in [1.165, 1.54) is 6.42 Å². The molecule has 1 aliphatic carbocycles. The van der Waals surface area contributed by atoms with Gasteiger partial charge >= 0.3 is 0 Å². The lowest BCUT2D eigenvalue weighted by Crippen LogP contribution is -2.31. The van der Waals surface area contributed by atoms with E-state index < -0.39 is 24.2 Å². The Morgan fingerprint density at radius 2 is 1.70 bits per heavy atom. The second kappa shape index (κ2) is 2.84. The lowest BCUT2D eigenvalue weighted by atomic mass is 10.1. The van der Waals surface area contributed by atoms with E-state index in [1.807, 2.05) is 0 Å². The van der Waals surface area contributed by atoms with Gasteiger partial charge in [-0.1, -0.05) is 0 Å². The molecule has 1 fully saturated rings.